The Hall–Kier alpha value is -3.56. The smallest absolute Gasteiger partial charge is 0.352 e. The van der Waals surface area contributed by atoms with Crippen LogP contribution >= 0.6 is 0 Å². The molecule has 0 saturated heterocycles. The summed E-state index contributed by atoms with van der Waals surface area (Å²) in [5, 5.41) is 11.2. The minimum Gasteiger partial charge on any atom is -0.353 e. The van der Waals surface area contributed by atoms with Gasteiger partial charge in [-0.2, -0.15) is 14.8 Å². The van der Waals surface area contributed by atoms with Gasteiger partial charge in [0.1, 0.15) is 0 Å². The van der Waals surface area contributed by atoms with Crippen molar-refractivity contribution in [3.8, 4) is 17.2 Å². The molecule has 3 aromatic rings. The van der Waals surface area contributed by atoms with Gasteiger partial charge < -0.3 is 9.84 Å². The quantitative estimate of drug-likeness (QED) is 0.545. The van der Waals surface area contributed by atoms with Crippen molar-refractivity contribution in [3.63, 3.8) is 0 Å². The van der Waals surface area contributed by atoms with Crippen LogP contribution in [0.1, 0.15) is 57.8 Å². The van der Waals surface area contributed by atoms with Crippen LogP contribution in [0, 0.1) is 0 Å². The predicted molar refractivity (Wildman–Crippen MR) is 121 cm³/mol. The number of carbonyl (C=O) groups is 1. The zero-order chi connectivity index (χ0) is 23.2. The molecule has 2 heterocycles. The van der Waals surface area contributed by atoms with Crippen LogP contribution in [0.25, 0.3) is 17.2 Å². The Labute approximate surface area is 190 Å². The molecule has 1 aliphatic rings. The zero-order valence-corrected chi connectivity index (χ0v) is 18.7. The molecule has 0 radical (unpaired) electrons. The van der Waals surface area contributed by atoms with Crippen molar-refractivity contribution < 1.29 is 9.32 Å². The summed E-state index contributed by atoms with van der Waals surface area (Å²) in [6.07, 6.45) is 7.24. The van der Waals surface area contributed by atoms with Gasteiger partial charge in [-0.05, 0) is 31.9 Å². The fraction of sp³-hybridized carbons (Fsp3) is 0.478. The van der Waals surface area contributed by atoms with Crippen molar-refractivity contribution >= 4 is 5.91 Å². The van der Waals surface area contributed by atoms with Crippen LogP contribution in [0.2, 0.25) is 0 Å². The van der Waals surface area contributed by atoms with Gasteiger partial charge in [-0.15, -0.1) is 0 Å². The molecule has 0 unspecified atom stereocenters. The number of aryl methyl sites for hydroxylation is 1. The molecule has 4 rings (SSSR count). The number of hydrogen-bond acceptors (Lipinski definition) is 7. The molecule has 1 amide bonds. The SMILES string of the molecule is CCn1c(=O)c(-c2noc(CCC(=O)NC3CCCCCC3)n2)nn(-c2ccccc2)c1=O. The van der Waals surface area contributed by atoms with Gasteiger partial charge in [0, 0.05) is 25.4 Å². The van der Waals surface area contributed by atoms with Crippen molar-refractivity contribution in [1.29, 1.82) is 0 Å². The van der Waals surface area contributed by atoms with Crippen LogP contribution in [0.3, 0.4) is 0 Å². The van der Waals surface area contributed by atoms with Crippen LogP contribution in [-0.4, -0.2) is 36.4 Å². The Bertz CT molecular complexity index is 1210. The predicted octanol–water partition coefficient (Wildman–Crippen LogP) is 2.24. The largest absolute Gasteiger partial charge is 0.353 e. The van der Waals surface area contributed by atoms with E-state index >= 15 is 0 Å². The molecule has 1 N–H and O–H groups in total. The molecule has 33 heavy (non-hydrogen) atoms. The normalized spacial score (nSPS) is 14.7. The number of rotatable bonds is 7. The van der Waals surface area contributed by atoms with E-state index in [2.05, 4.69) is 20.6 Å². The van der Waals surface area contributed by atoms with Crippen molar-refractivity contribution in [2.75, 3.05) is 0 Å². The molecule has 1 fully saturated rings. The number of benzene rings is 1. The maximum absolute atomic E-state index is 12.8. The highest BCUT2D eigenvalue weighted by molar-refractivity contribution is 5.76. The topological polar surface area (TPSA) is 125 Å². The van der Waals surface area contributed by atoms with Crippen LogP contribution in [0.4, 0.5) is 0 Å². The second-order valence-corrected chi connectivity index (χ2v) is 8.20. The Morgan fingerprint density at radius 1 is 1.12 bits per heavy atom. The summed E-state index contributed by atoms with van der Waals surface area (Å²) in [5.74, 6) is 0.180. The minimum atomic E-state index is -0.590. The number of carbonyl (C=O) groups excluding carboxylic acids is 1. The van der Waals surface area contributed by atoms with E-state index in [1.54, 1.807) is 31.2 Å². The molecule has 10 heteroatoms. The standard InChI is InChI=1S/C23H28N6O4/c1-2-28-22(31)20(26-29(23(28)32)17-12-8-5-9-13-17)21-25-19(33-27-21)15-14-18(30)24-16-10-6-3-4-7-11-16/h5,8-9,12-13,16H,2-4,6-7,10-11,14-15H2,1H3,(H,24,30). The summed E-state index contributed by atoms with van der Waals surface area (Å²) < 4.78 is 7.49. The molecule has 1 aliphatic carbocycles. The average Bonchev–Trinajstić information content (AvgIpc) is 3.15. The molecular weight excluding hydrogens is 424 g/mol. The van der Waals surface area contributed by atoms with Crippen LogP contribution in [0.5, 0.6) is 0 Å². The molecule has 10 nitrogen and oxygen atoms in total. The van der Waals surface area contributed by atoms with E-state index in [0.29, 0.717) is 5.69 Å². The maximum atomic E-state index is 12.8. The van der Waals surface area contributed by atoms with Gasteiger partial charge in [-0.25, -0.2) is 4.79 Å². The lowest BCUT2D eigenvalue weighted by molar-refractivity contribution is -0.121. The molecule has 174 valence electrons. The van der Waals surface area contributed by atoms with Crippen molar-refractivity contribution in [2.45, 2.75) is 70.9 Å². The minimum absolute atomic E-state index is 0.00828. The second kappa shape index (κ2) is 10.4. The summed E-state index contributed by atoms with van der Waals surface area (Å²) in [6, 6.07) is 9.04. The Morgan fingerprint density at radius 2 is 1.85 bits per heavy atom. The van der Waals surface area contributed by atoms with Gasteiger partial charge in [-0.3, -0.25) is 14.2 Å². The first-order chi connectivity index (χ1) is 16.1. The first-order valence-electron chi connectivity index (χ1n) is 11.5. The highest BCUT2D eigenvalue weighted by Gasteiger charge is 2.21. The fourth-order valence-electron chi connectivity index (χ4n) is 4.07. The molecule has 1 saturated carbocycles. The Balaban J connectivity index is 1.51. The van der Waals surface area contributed by atoms with Crippen LogP contribution < -0.4 is 16.6 Å². The zero-order valence-electron chi connectivity index (χ0n) is 18.7. The van der Waals surface area contributed by atoms with Gasteiger partial charge in [0.2, 0.25) is 17.6 Å². The molecule has 0 aliphatic heterocycles. The van der Waals surface area contributed by atoms with Gasteiger partial charge in [0.25, 0.3) is 5.56 Å². The molecule has 0 atom stereocenters. The Kier molecular flexibility index (Phi) is 7.11. The third-order valence-electron chi connectivity index (χ3n) is 5.84. The lowest BCUT2D eigenvalue weighted by Crippen LogP contribution is -2.41. The summed E-state index contributed by atoms with van der Waals surface area (Å²) in [7, 11) is 0. The number of para-hydroxylation sites is 1. The summed E-state index contributed by atoms with van der Waals surface area (Å²) in [5.41, 5.74) is -0.701. The van der Waals surface area contributed by atoms with E-state index in [9.17, 15) is 14.4 Å². The van der Waals surface area contributed by atoms with E-state index in [1.165, 1.54) is 12.8 Å². The monoisotopic (exact) mass is 452 g/mol. The number of nitrogens with one attached hydrogen (secondary N) is 1. The van der Waals surface area contributed by atoms with E-state index in [4.69, 9.17) is 4.52 Å². The summed E-state index contributed by atoms with van der Waals surface area (Å²) >= 11 is 0. The van der Waals surface area contributed by atoms with E-state index in [-0.39, 0.29) is 48.7 Å². The molecule has 2 aromatic heterocycles. The third kappa shape index (κ3) is 5.27. The first-order valence-corrected chi connectivity index (χ1v) is 11.5. The lowest BCUT2D eigenvalue weighted by Gasteiger charge is -2.15. The molecule has 0 bridgehead atoms. The van der Waals surface area contributed by atoms with E-state index in [0.717, 1.165) is 34.9 Å². The lowest BCUT2D eigenvalue weighted by atomic mass is 10.1. The number of hydrogen-bond donors (Lipinski definition) is 1. The first kappa shape index (κ1) is 22.6. The Morgan fingerprint density at radius 3 is 2.55 bits per heavy atom. The third-order valence-corrected chi connectivity index (χ3v) is 5.84. The van der Waals surface area contributed by atoms with Crippen molar-refractivity contribution in [2.24, 2.45) is 0 Å². The maximum Gasteiger partial charge on any atom is 0.352 e. The number of amides is 1. The van der Waals surface area contributed by atoms with Crippen LogP contribution in [0.15, 0.2) is 44.4 Å². The van der Waals surface area contributed by atoms with Crippen molar-refractivity contribution in [1.82, 2.24) is 29.8 Å². The number of nitrogens with zero attached hydrogens (tertiary/aromatic N) is 5. The number of aromatic nitrogens is 5. The molecule has 0 spiro atoms. The van der Waals surface area contributed by atoms with E-state index in [1.807, 2.05) is 6.07 Å². The van der Waals surface area contributed by atoms with Gasteiger partial charge in [0.15, 0.2) is 5.69 Å². The average molecular weight is 453 g/mol. The second-order valence-electron chi connectivity index (χ2n) is 8.20. The molecule has 1 aromatic carbocycles. The fourth-order valence-corrected chi connectivity index (χ4v) is 4.07. The molecular formula is C23H28N6O4. The highest BCUT2D eigenvalue weighted by Crippen LogP contribution is 2.17. The van der Waals surface area contributed by atoms with Gasteiger partial charge >= 0.3 is 5.69 Å². The van der Waals surface area contributed by atoms with Crippen LogP contribution in [-0.2, 0) is 17.8 Å². The van der Waals surface area contributed by atoms with Gasteiger partial charge in [0.05, 0.1) is 5.69 Å². The van der Waals surface area contributed by atoms with Gasteiger partial charge in [-0.1, -0.05) is 49.0 Å². The highest BCUT2D eigenvalue weighted by atomic mass is 16.5. The van der Waals surface area contributed by atoms with E-state index < -0.39 is 11.2 Å². The summed E-state index contributed by atoms with van der Waals surface area (Å²) in [6.45, 7) is 1.88. The summed E-state index contributed by atoms with van der Waals surface area (Å²) in [4.78, 5) is 42.2. The van der Waals surface area contributed by atoms with Crippen molar-refractivity contribution in [3.05, 3.63) is 57.1 Å².